The molecule has 2 amide bonds. The van der Waals surface area contributed by atoms with E-state index in [2.05, 4.69) is 5.32 Å². The highest BCUT2D eigenvalue weighted by Crippen LogP contribution is 2.28. The van der Waals surface area contributed by atoms with Gasteiger partial charge in [-0.3, -0.25) is 9.59 Å². The molecule has 1 aliphatic heterocycles. The molecule has 2 N–H and O–H groups in total. The normalized spacial score (nSPS) is 15.0. The van der Waals surface area contributed by atoms with Crippen molar-refractivity contribution in [2.45, 2.75) is 25.3 Å². The summed E-state index contributed by atoms with van der Waals surface area (Å²) in [4.78, 5) is 38.4. The number of ether oxygens (including phenoxy) is 1. The molecule has 1 unspecified atom stereocenters. The maximum absolute atomic E-state index is 13.1. The van der Waals surface area contributed by atoms with Crippen LogP contribution in [0.1, 0.15) is 41.2 Å². The lowest BCUT2D eigenvalue weighted by Gasteiger charge is -2.34. The molecule has 7 heteroatoms. The fourth-order valence-electron chi connectivity index (χ4n) is 3.36. The van der Waals surface area contributed by atoms with Gasteiger partial charge in [-0.1, -0.05) is 30.3 Å². The smallest absolute Gasteiger partial charge is 0.339 e. The Hall–Kier alpha value is -3.35. The zero-order chi connectivity index (χ0) is 20.1. The first-order valence-corrected chi connectivity index (χ1v) is 9.08. The number of rotatable bonds is 6. The summed E-state index contributed by atoms with van der Waals surface area (Å²) < 4.78 is 5.11. The first kappa shape index (κ1) is 19.4. The third-order valence-electron chi connectivity index (χ3n) is 4.73. The first-order chi connectivity index (χ1) is 13.5. The summed E-state index contributed by atoms with van der Waals surface area (Å²) in [6.45, 7) is 0.521. The van der Waals surface area contributed by atoms with E-state index in [9.17, 15) is 19.5 Å². The highest BCUT2D eigenvalue weighted by Gasteiger charge is 2.32. The monoisotopic (exact) mass is 382 g/mol. The fraction of sp³-hybridized carbons (Fsp3) is 0.286. The van der Waals surface area contributed by atoms with Crippen LogP contribution in [0.2, 0.25) is 0 Å². The number of carboxylic acids is 1. The molecule has 7 nitrogen and oxygen atoms in total. The first-order valence-electron chi connectivity index (χ1n) is 9.08. The van der Waals surface area contributed by atoms with Gasteiger partial charge in [-0.15, -0.1) is 0 Å². The fourth-order valence-corrected chi connectivity index (χ4v) is 3.36. The van der Waals surface area contributed by atoms with Crippen LogP contribution < -0.4 is 10.1 Å². The van der Waals surface area contributed by atoms with Crippen LogP contribution in [0.3, 0.4) is 0 Å². The highest BCUT2D eigenvalue weighted by atomic mass is 16.5. The van der Waals surface area contributed by atoms with Crippen molar-refractivity contribution in [3.05, 3.63) is 59.7 Å². The number of carboxylic acid groups (broad SMARTS) is 1. The number of anilines is 1. The van der Waals surface area contributed by atoms with E-state index in [-0.39, 0.29) is 23.1 Å². The van der Waals surface area contributed by atoms with E-state index in [4.69, 9.17) is 4.74 Å². The summed E-state index contributed by atoms with van der Waals surface area (Å²) in [7, 11) is 1.37. The SMILES string of the molecule is COc1cc(NC(=O)C(c2ccccc2)N2CCCCC2=O)ccc1C(=O)O. The lowest BCUT2D eigenvalue weighted by Crippen LogP contribution is -2.43. The van der Waals surface area contributed by atoms with Crippen LogP contribution in [0.5, 0.6) is 5.75 Å². The van der Waals surface area contributed by atoms with E-state index in [1.54, 1.807) is 4.90 Å². The van der Waals surface area contributed by atoms with Crippen LogP contribution >= 0.6 is 0 Å². The largest absolute Gasteiger partial charge is 0.496 e. The number of piperidine rings is 1. The minimum atomic E-state index is -1.11. The minimum Gasteiger partial charge on any atom is -0.496 e. The summed E-state index contributed by atoms with van der Waals surface area (Å²) >= 11 is 0. The molecule has 146 valence electrons. The molecular formula is C21H22N2O5. The molecule has 0 saturated carbocycles. The van der Waals surface area contributed by atoms with Gasteiger partial charge < -0.3 is 20.1 Å². The molecule has 3 rings (SSSR count). The van der Waals surface area contributed by atoms with Crippen LogP contribution in [-0.2, 0) is 9.59 Å². The quantitative estimate of drug-likeness (QED) is 0.800. The van der Waals surface area contributed by atoms with Crippen molar-refractivity contribution in [1.82, 2.24) is 4.90 Å². The van der Waals surface area contributed by atoms with Gasteiger partial charge in [-0.25, -0.2) is 4.79 Å². The zero-order valence-corrected chi connectivity index (χ0v) is 15.6. The van der Waals surface area contributed by atoms with Crippen LogP contribution in [0, 0.1) is 0 Å². The topological polar surface area (TPSA) is 95.9 Å². The highest BCUT2D eigenvalue weighted by molar-refractivity contribution is 5.99. The third-order valence-corrected chi connectivity index (χ3v) is 4.73. The molecule has 2 aromatic rings. The van der Waals surface area contributed by atoms with E-state index in [1.165, 1.54) is 25.3 Å². The van der Waals surface area contributed by atoms with Crippen molar-refractivity contribution >= 4 is 23.5 Å². The lowest BCUT2D eigenvalue weighted by molar-refractivity contribution is -0.141. The Labute approximate surface area is 162 Å². The summed E-state index contributed by atoms with van der Waals surface area (Å²) in [6.07, 6.45) is 2.10. The van der Waals surface area contributed by atoms with Crippen LogP contribution in [0.4, 0.5) is 5.69 Å². The van der Waals surface area contributed by atoms with E-state index in [1.807, 2.05) is 30.3 Å². The molecule has 0 aromatic heterocycles. The van der Waals surface area contributed by atoms with Crippen molar-refractivity contribution in [3.8, 4) is 5.75 Å². The third kappa shape index (κ3) is 4.14. The number of likely N-dealkylation sites (tertiary alicyclic amines) is 1. The summed E-state index contributed by atoms with van der Waals surface area (Å²) in [5.74, 6) is -1.37. The number of hydrogen-bond acceptors (Lipinski definition) is 4. The van der Waals surface area contributed by atoms with Gasteiger partial charge in [-0.05, 0) is 30.5 Å². The molecule has 1 fully saturated rings. The molecular weight excluding hydrogens is 360 g/mol. The lowest BCUT2D eigenvalue weighted by atomic mass is 10.0. The van der Waals surface area contributed by atoms with Crippen molar-refractivity contribution < 1.29 is 24.2 Å². The van der Waals surface area contributed by atoms with Gasteiger partial charge in [0.1, 0.15) is 17.4 Å². The van der Waals surface area contributed by atoms with Gasteiger partial charge in [0, 0.05) is 24.7 Å². The molecule has 1 aliphatic rings. The van der Waals surface area contributed by atoms with Crippen molar-refractivity contribution in [2.75, 3.05) is 19.0 Å². The molecule has 28 heavy (non-hydrogen) atoms. The number of carbonyl (C=O) groups excluding carboxylic acids is 2. The Balaban J connectivity index is 1.90. The van der Waals surface area contributed by atoms with E-state index in [0.29, 0.717) is 18.7 Å². The summed E-state index contributed by atoms with van der Waals surface area (Å²) in [5, 5.41) is 12.0. The standard InChI is InChI=1S/C21H22N2O5/c1-28-17-13-15(10-11-16(17)21(26)27)22-20(25)19(14-7-3-2-4-8-14)23-12-6-5-9-18(23)24/h2-4,7-8,10-11,13,19H,5-6,9,12H2,1H3,(H,22,25)(H,26,27). The second kappa shape index (κ2) is 8.56. The molecule has 0 radical (unpaired) electrons. The average molecular weight is 382 g/mol. The van der Waals surface area contributed by atoms with E-state index >= 15 is 0 Å². The van der Waals surface area contributed by atoms with Gasteiger partial charge >= 0.3 is 5.97 Å². The van der Waals surface area contributed by atoms with Crippen molar-refractivity contribution in [3.63, 3.8) is 0 Å². The molecule has 1 heterocycles. The van der Waals surface area contributed by atoms with Gasteiger partial charge in [0.25, 0.3) is 5.91 Å². The number of amides is 2. The zero-order valence-electron chi connectivity index (χ0n) is 15.6. The van der Waals surface area contributed by atoms with Crippen molar-refractivity contribution in [1.29, 1.82) is 0 Å². The number of benzene rings is 2. The second-order valence-corrected chi connectivity index (χ2v) is 6.57. The summed E-state index contributed by atoms with van der Waals surface area (Å²) in [5.41, 5.74) is 1.13. The molecule has 0 spiro atoms. The predicted molar refractivity (Wildman–Crippen MR) is 103 cm³/mol. The number of hydrogen-bond donors (Lipinski definition) is 2. The number of aromatic carboxylic acids is 1. The number of nitrogens with one attached hydrogen (secondary N) is 1. The Bertz CT molecular complexity index is 882. The maximum atomic E-state index is 13.1. The molecule has 0 aliphatic carbocycles. The number of methoxy groups -OCH3 is 1. The Morgan fingerprint density at radius 3 is 2.54 bits per heavy atom. The Kier molecular flexibility index (Phi) is 5.93. The molecule has 1 saturated heterocycles. The van der Waals surface area contributed by atoms with Crippen LogP contribution in [0.25, 0.3) is 0 Å². The predicted octanol–water partition coefficient (Wildman–Crippen LogP) is 3.09. The Morgan fingerprint density at radius 1 is 1.14 bits per heavy atom. The molecule has 0 bridgehead atoms. The second-order valence-electron chi connectivity index (χ2n) is 6.57. The van der Waals surface area contributed by atoms with E-state index < -0.39 is 12.0 Å². The molecule has 1 atom stereocenters. The maximum Gasteiger partial charge on any atom is 0.339 e. The van der Waals surface area contributed by atoms with Gasteiger partial charge in [0.15, 0.2) is 0 Å². The average Bonchev–Trinajstić information content (AvgIpc) is 2.70. The van der Waals surface area contributed by atoms with Gasteiger partial charge in [0.05, 0.1) is 7.11 Å². The number of nitrogens with zero attached hydrogens (tertiary/aromatic N) is 1. The Morgan fingerprint density at radius 2 is 1.89 bits per heavy atom. The summed E-state index contributed by atoms with van der Waals surface area (Å²) in [6, 6.07) is 12.7. The van der Waals surface area contributed by atoms with Gasteiger partial charge in [0.2, 0.25) is 5.91 Å². The van der Waals surface area contributed by atoms with Gasteiger partial charge in [-0.2, -0.15) is 0 Å². The molecule has 2 aromatic carbocycles. The van der Waals surface area contributed by atoms with Crippen LogP contribution in [0.15, 0.2) is 48.5 Å². The minimum absolute atomic E-state index is 0.00585. The van der Waals surface area contributed by atoms with Crippen molar-refractivity contribution in [2.24, 2.45) is 0 Å². The van der Waals surface area contributed by atoms with Crippen LogP contribution in [-0.4, -0.2) is 41.4 Å². The van der Waals surface area contributed by atoms with E-state index in [0.717, 1.165) is 18.4 Å². The number of carbonyl (C=O) groups is 3.